The molecule has 6 heteroatoms. The summed E-state index contributed by atoms with van der Waals surface area (Å²) in [6.07, 6.45) is 1.79. The van der Waals surface area contributed by atoms with Crippen LogP contribution in [0, 0.1) is 0 Å². The summed E-state index contributed by atoms with van der Waals surface area (Å²) in [4.78, 5) is 12.0. The van der Waals surface area contributed by atoms with Crippen molar-refractivity contribution in [3.63, 3.8) is 0 Å². The molecule has 1 aliphatic carbocycles. The zero-order valence-corrected chi connectivity index (χ0v) is 11.9. The Morgan fingerprint density at radius 1 is 1.44 bits per heavy atom. The summed E-state index contributed by atoms with van der Waals surface area (Å²) in [6, 6.07) is 5.43. The summed E-state index contributed by atoms with van der Waals surface area (Å²) in [5.41, 5.74) is 4.76. The minimum absolute atomic E-state index is 0.211. The standard InChI is InChI=1S/C12H13Cl2NO2S/c13-9-2-1-7(5-10(9)14)18-8-3-4-12(15,6-8)11(16)17/h1-2,5,8H,3-4,6,15H2,(H,16,17). The van der Waals surface area contributed by atoms with E-state index in [1.165, 1.54) is 0 Å². The first-order chi connectivity index (χ1) is 8.40. The van der Waals surface area contributed by atoms with Crippen LogP contribution in [-0.2, 0) is 4.79 Å². The maximum atomic E-state index is 11.0. The lowest BCUT2D eigenvalue weighted by atomic mass is 10.0. The van der Waals surface area contributed by atoms with Gasteiger partial charge in [0.25, 0.3) is 0 Å². The Labute approximate surface area is 120 Å². The van der Waals surface area contributed by atoms with Crippen molar-refractivity contribution < 1.29 is 9.90 Å². The number of halogens is 2. The monoisotopic (exact) mass is 305 g/mol. The molecule has 1 fully saturated rings. The van der Waals surface area contributed by atoms with Crippen molar-refractivity contribution in [3.05, 3.63) is 28.2 Å². The van der Waals surface area contributed by atoms with E-state index in [4.69, 9.17) is 34.0 Å². The molecule has 0 saturated heterocycles. The number of hydrogen-bond acceptors (Lipinski definition) is 3. The van der Waals surface area contributed by atoms with Crippen LogP contribution in [0.15, 0.2) is 23.1 Å². The number of carboxylic acid groups (broad SMARTS) is 1. The van der Waals surface area contributed by atoms with Crippen molar-refractivity contribution in [1.82, 2.24) is 0 Å². The lowest BCUT2D eigenvalue weighted by Crippen LogP contribution is -2.45. The average Bonchev–Trinajstić information content (AvgIpc) is 2.67. The number of nitrogens with two attached hydrogens (primary N) is 1. The van der Waals surface area contributed by atoms with Gasteiger partial charge in [-0.05, 0) is 37.5 Å². The molecule has 18 heavy (non-hydrogen) atoms. The van der Waals surface area contributed by atoms with Crippen LogP contribution in [0.3, 0.4) is 0 Å². The summed E-state index contributed by atoms with van der Waals surface area (Å²) >= 11 is 13.4. The van der Waals surface area contributed by atoms with E-state index >= 15 is 0 Å². The van der Waals surface area contributed by atoms with Gasteiger partial charge in [-0.25, -0.2) is 0 Å². The third-order valence-corrected chi connectivity index (χ3v) is 5.12. The van der Waals surface area contributed by atoms with Gasteiger partial charge in [0, 0.05) is 10.1 Å². The van der Waals surface area contributed by atoms with E-state index < -0.39 is 11.5 Å². The molecule has 0 amide bonds. The Morgan fingerprint density at radius 2 is 2.17 bits per heavy atom. The highest BCUT2D eigenvalue weighted by molar-refractivity contribution is 8.00. The van der Waals surface area contributed by atoms with Crippen LogP contribution < -0.4 is 5.73 Å². The van der Waals surface area contributed by atoms with Gasteiger partial charge < -0.3 is 10.8 Å². The van der Waals surface area contributed by atoms with E-state index in [1.54, 1.807) is 23.9 Å². The zero-order valence-electron chi connectivity index (χ0n) is 9.53. The Kier molecular flexibility index (Phi) is 4.11. The van der Waals surface area contributed by atoms with E-state index in [-0.39, 0.29) is 5.25 Å². The summed E-state index contributed by atoms with van der Waals surface area (Å²) in [7, 11) is 0. The molecule has 0 heterocycles. The first-order valence-electron chi connectivity index (χ1n) is 5.55. The topological polar surface area (TPSA) is 63.3 Å². The number of aliphatic carboxylic acids is 1. The molecule has 3 N–H and O–H groups in total. The van der Waals surface area contributed by atoms with E-state index in [1.807, 2.05) is 6.07 Å². The van der Waals surface area contributed by atoms with Gasteiger partial charge in [0.1, 0.15) is 5.54 Å². The van der Waals surface area contributed by atoms with Crippen molar-refractivity contribution in [1.29, 1.82) is 0 Å². The van der Waals surface area contributed by atoms with Crippen molar-refractivity contribution in [3.8, 4) is 0 Å². The fourth-order valence-corrected chi connectivity index (χ4v) is 3.76. The largest absolute Gasteiger partial charge is 0.480 e. The Bertz CT molecular complexity index is 483. The van der Waals surface area contributed by atoms with Crippen LogP contribution in [0.1, 0.15) is 19.3 Å². The molecule has 0 aromatic heterocycles. The van der Waals surface area contributed by atoms with Crippen LogP contribution in [0.4, 0.5) is 0 Å². The number of benzene rings is 1. The van der Waals surface area contributed by atoms with Crippen molar-refractivity contribution in [2.75, 3.05) is 0 Å². The third kappa shape index (κ3) is 2.94. The molecule has 3 nitrogen and oxygen atoms in total. The minimum atomic E-state index is -1.08. The Balaban J connectivity index is 2.03. The predicted molar refractivity (Wildman–Crippen MR) is 74.5 cm³/mol. The highest BCUT2D eigenvalue weighted by atomic mass is 35.5. The highest BCUT2D eigenvalue weighted by Gasteiger charge is 2.42. The molecule has 2 rings (SSSR count). The molecule has 2 unspecified atom stereocenters. The molecule has 1 saturated carbocycles. The van der Waals surface area contributed by atoms with E-state index in [0.717, 1.165) is 11.3 Å². The predicted octanol–water partition coefficient (Wildman–Crippen LogP) is 3.42. The molecule has 0 radical (unpaired) electrons. The molecule has 1 aromatic rings. The second-order valence-electron chi connectivity index (χ2n) is 4.52. The van der Waals surface area contributed by atoms with Crippen LogP contribution in [0.2, 0.25) is 10.0 Å². The van der Waals surface area contributed by atoms with Crippen LogP contribution in [0.5, 0.6) is 0 Å². The number of thioether (sulfide) groups is 1. The molecular weight excluding hydrogens is 293 g/mol. The first kappa shape index (κ1) is 14.0. The van der Waals surface area contributed by atoms with Gasteiger partial charge in [0.05, 0.1) is 10.0 Å². The maximum absolute atomic E-state index is 11.0. The molecule has 98 valence electrons. The Morgan fingerprint density at radius 3 is 2.72 bits per heavy atom. The number of carboxylic acids is 1. The zero-order chi connectivity index (χ0) is 13.3. The molecule has 0 bridgehead atoms. The summed E-state index contributed by atoms with van der Waals surface area (Å²) < 4.78 is 0. The molecular formula is C12H13Cl2NO2S. The van der Waals surface area contributed by atoms with E-state index in [9.17, 15) is 4.79 Å². The van der Waals surface area contributed by atoms with E-state index in [0.29, 0.717) is 22.9 Å². The summed E-state index contributed by atoms with van der Waals surface area (Å²) in [5, 5.41) is 10.3. The average molecular weight is 306 g/mol. The van der Waals surface area contributed by atoms with Gasteiger partial charge in [-0.2, -0.15) is 0 Å². The lowest BCUT2D eigenvalue weighted by Gasteiger charge is -2.18. The van der Waals surface area contributed by atoms with Gasteiger partial charge in [-0.15, -0.1) is 11.8 Å². The van der Waals surface area contributed by atoms with Crippen molar-refractivity contribution in [2.24, 2.45) is 5.73 Å². The molecule has 0 spiro atoms. The first-order valence-corrected chi connectivity index (χ1v) is 7.18. The van der Waals surface area contributed by atoms with Gasteiger partial charge in [0.2, 0.25) is 0 Å². The summed E-state index contributed by atoms with van der Waals surface area (Å²) in [5.74, 6) is -0.917. The van der Waals surface area contributed by atoms with Crippen molar-refractivity contribution in [2.45, 2.75) is 34.9 Å². The second kappa shape index (κ2) is 5.29. The van der Waals surface area contributed by atoms with Crippen molar-refractivity contribution >= 4 is 40.9 Å². The normalized spacial score (nSPS) is 27.4. The fourth-order valence-electron chi connectivity index (χ4n) is 2.07. The number of hydrogen-bond donors (Lipinski definition) is 2. The molecule has 1 aromatic carbocycles. The lowest BCUT2D eigenvalue weighted by molar-refractivity contribution is -0.143. The summed E-state index contributed by atoms with van der Waals surface area (Å²) in [6.45, 7) is 0. The molecule has 1 aliphatic rings. The van der Waals surface area contributed by atoms with Gasteiger partial charge in [0.15, 0.2) is 0 Å². The molecule has 0 aliphatic heterocycles. The van der Waals surface area contributed by atoms with E-state index in [2.05, 4.69) is 0 Å². The van der Waals surface area contributed by atoms with Gasteiger partial charge in [-0.1, -0.05) is 23.2 Å². The van der Waals surface area contributed by atoms with Crippen LogP contribution >= 0.6 is 35.0 Å². The quantitative estimate of drug-likeness (QED) is 0.898. The third-order valence-electron chi connectivity index (χ3n) is 3.12. The number of rotatable bonds is 3. The fraction of sp³-hybridized carbons (Fsp3) is 0.417. The number of carbonyl (C=O) groups is 1. The van der Waals surface area contributed by atoms with Crippen LogP contribution in [0.25, 0.3) is 0 Å². The van der Waals surface area contributed by atoms with Gasteiger partial charge >= 0.3 is 5.97 Å². The Hall–Kier alpha value is -0.420. The SMILES string of the molecule is NC1(C(=O)O)CCC(Sc2ccc(Cl)c(Cl)c2)C1. The van der Waals surface area contributed by atoms with Gasteiger partial charge in [-0.3, -0.25) is 4.79 Å². The molecule has 2 atom stereocenters. The second-order valence-corrected chi connectivity index (χ2v) is 6.71. The minimum Gasteiger partial charge on any atom is -0.480 e. The smallest absolute Gasteiger partial charge is 0.323 e. The van der Waals surface area contributed by atoms with Crippen LogP contribution in [-0.4, -0.2) is 21.9 Å². The maximum Gasteiger partial charge on any atom is 0.323 e. The highest BCUT2D eigenvalue weighted by Crippen LogP contribution is 2.40.